The number of amides is 2. The second-order valence-corrected chi connectivity index (χ2v) is 9.22. The minimum absolute atomic E-state index is 0.269. The Morgan fingerprint density at radius 2 is 1.59 bits per heavy atom. The predicted molar refractivity (Wildman–Crippen MR) is 136 cm³/mol. The van der Waals surface area contributed by atoms with Crippen molar-refractivity contribution in [3.8, 4) is 5.75 Å². The van der Waals surface area contributed by atoms with Crippen LogP contribution in [0.1, 0.15) is 25.3 Å². The zero-order valence-corrected chi connectivity index (χ0v) is 20.3. The topological polar surface area (TPSA) is 62.2 Å². The van der Waals surface area contributed by atoms with Crippen molar-refractivity contribution < 1.29 is 14.3 Å². The van der Waals surface area contributed by atoms with E-state index < -0.39 is 12.0 Å². The van der Waals surface area contributed by atoms with Crippen LogP contribution in [-0.2, 0) is 9.59 Å². The lowest BCUT2D eigenvalue weighted by molar-refractivity contribution is -0.121. The zero-order valence-electron chi connectivity index (χ0n) is 18.7. The molecule has 2 atom stereocenters. The SMILES string of the molecule is CCCCOc1ccc(N2C(=O)[C@@H]3C(c4ccc(Br)cc4)=NN(c4ccccc4)[C@@H]3C2=O)cc1. The lowest BCUT2D eigenvalue weighted by Gasteiger charge is -2.22. The molecule has 2 amide bonds. The summed E-state index contributed by atoms with van der Waals surface area (Å²) in [6.07, 6.45) is 2.03. The van der Waals surface area contributed by atoms with Gasteiger partial charge in [-0.15, -0.1) is 0 Å². The third-order valence-electron chi connectivity index (χ3n) is 6.07. The van der Waals surface area contributed by atoms with Crippen LogP contribution in [0.2, 0.25) is 0 Å². The van der Waals surface area contributed by atoms with E-state index in [1.807, 2.05) is 54.6 Å². The fourth-order valence-electron chi connectivity index (χ4n) is 4.35. The van der Waals surface area contributed by atoms with Gasteiger partial charge in [0.25, 0.3) is 5.91 Å². The largest absolute Gasteiger partial charge is 0.494 e. The molecular weight excluding hydrogens is 494 g/mol. The molecule has 0 unspecified atom stereocenters. The summed E-state index contributed by atoms with van der Waals surface area (Å²) in [6, 6.07) is 23.6. The third-order valence-corrected chi connectivity index (χ3v) is 6.60. The molecular formula is C27H24BrN3O3. The van der Waals surface area contributed by atoms with E-state index in [0.29, 0.717) is 18.0 Å². The number of anilines is 2. The van der Waals surface area contributed by atoms with Crippen LogP contribution in [-0.4, -0.2) is 30.2 Å². The van der Waals surface area contributed by atoms with Crippen LogP contribution in [0.3, 0.4) is 0 Å². The van der Waals surface area contributed by atoms with Gasteiger partial charge in [-0.1, -0.05) is 59.6 Å². The van der Waals surface area contributed by atoms with Gasteiger partial charge in [0.05, 0.1) is 23.7 Å². The molecule has 0 aromatic heterocycles. The average molecular weight is 518 g/mol. The van der Waals surface area contributed by atoms with E-state index in [9.17, 15) is 9.59 Å². The molecule has 7 heteroatoms. The van der Waals surface area contributed by atoms with Gasteiger partial charge in [-0.2, -0.15) is 5.10 Å². The number of benzene rings is 3. The molecule has 2 aliphatic heterocycles. The number of hydrogen-bond acceptors (Lipinski definition) is 5. The highest BCUT2D eigenvalue weighted by Gasteiger charge is 2.57. The van der Waals surface area contributed by atoms with Crippen molar-refractivity contribution in [3.05, 3.63) is 88.9 Å². The molecule has 1 fully saturated rings. The smallest absolute Gasteiger partial charge is 0.259 e. The standard InChI is InChI=1S/C27H24BrN3O3/c1-2-3-17-34-22-15-13-20(14-16-22)30-26(32)23-24(18-9-11-19(28)12-10-18)29-31(25(23)27(30)33)21-7-5-4-6-8-21/h4-16,23,25H,2-3,17H2,1H3/t23-,25+/m1/s1. The van der Waals surface area contributed by atoms with Gasteiger partial charge >= 0.3 is 0 Å². The van der Waals surface area contributed by atoms with Gasteiger partial charge in [-0.25, -0.2) is 4.90 Å². The Hall–Kier alpha value is -3.45. The molecule has 3 aromatic rings. The first kappa shape index (κ1) is 22.3. The van der Waals surface area contributed by atoms with Gasteiger partial charge in [0, 0.05) is 4.47 Å². The van der Waals surface area contributed by atoms with E-state index in [4.69, 9.17) is 9.84 Å². The average Bonchev–Trinajstić information content (AvgIpc) is 3.38. The Balaban J connectivity index is 1.50. The maximum absolute atomic E-state index is 13.7. The number of halogens is 1. The maximum Gasteiger partial charge on any atom is 0.259 e. The molecule has 2 heterocycles. The predicted octanol–water partition coefficient (Wildman–Crippen LogP) is 5.41. The van der Waals surface area contributed by atoms with Crippen molar-refractivity contribution >= 4 is 44.8 Å². The highest BCUT2D eigenvalue weighted by atomic mass is 79.9. The quantitative estimate of drug-likeness (QED) is 0.310. The summed E-state index contributed by atoms with van der Waals surface area (Å²) < 4.78 is 6.67. The van der Waals surface area contributed by atoms with Crippen molar-refractivity contribution in [1.29, 1.82) is 0 Å². The number of para-hydroxylation sites is 1. The Kier molecular flexibility index (Phi) is 6.20. The maximum atomic E-state index is 13.7. The fraction of sp³-hybridized carbons (Fsp3) is 0.222. The fourth-order valence-corrected chi connectivity index (χ4v) is 4.61. The lowest BCUT2D eigenvalue weighted by Crippen LogP contribution is -2.39. The van der Waals surface area contributed by atoms with E-state index >= 15 is 0 Å². The summed E-state index contributed by atoms with van der Waals surface area (Å²) in [4.78, 5) is 28.6. The van der Waals surface area contributed by atoms with Crippen LogP contribution in [0, 0.1) is 5.92 Å². The van der Waals surface area contributed by atoms with E-state index in [-0.39, 0.29) is 11.8 Å². The monoisotopic (exact) mass is 517 g/mol. The molecule has 0 radical (unpaired) electrons. The van der Waals surface area contributed by atoms with Gasteiger partial charge in [0.15, 0.2) is 0 Å². The third kappa shape index (κ3) is 4.01. The lowest BCUT2D eigenvalue weighted by atomic mass is 9.93. The summed E-state index contributed by atoms with van der Waals surface area (Å²) in [5.41, 5.74) is 2.73. The summed E-state index contributed by atoms with van der Waals surface area (Å²) in [6.45, 7) is 2.75. The van der Waals surface area contributed by atoms with Gasteiger partial charge in [-0.05, 0) is 60.5 Å². The number of ether oxygens (including phenoxy) is 1. The number of carbonyl (C=O) groups is 2. The Morgan fingerprint density at radius 3 is 2.26 bits per heavy atom. The normalized spacial score (nSPS) is 19.4. The summed E-state index contributed by atoms with van der Waals surface area (Å²) in [5, 5.41) is 6.46. The van der Waals surface area contributed by atoms with Gasteiger partial charge in [-0.3, -0.25) is 14.6 Å². The van der Waals surface area contributed by atoms with Crippen molar-refractivity contribution in [2.45, 2.75) is 25.8 Å². The number of rotatable bonds is 7. The van der Waals surface area contributed by atoms with Crippen molar-refractivity contribution in [3.63, 3.8) is 0 Å². The molecule has 2 aliphatic rings. The van der Waals surface area contributed by atoms with Crippen LogP contribution in [0.5, 0.6) is 5.75 Å². The van der Waals surface area contributed by atoms with Gasteiger partial charge in [0.2, 0.25) is 5.91 Å². The van der Waals surface area contributed by atoms with Crippen LogP contribution in [0.25, 0.3) is 0 Å². The molecule has 5 rings (SSSR count). The highest BCUT2D eigenvalue weighted by Crippen LogP contribution is 2.39. The Morgan fingerprint density at radius 1 is 0.882 bits per heavy atom. The van der Waals surface area contributed by atoms with Crippen LogP contribution < -0.4 is 14.6 Å². The first-order valence-corrected chi connectivity index (χ1v) is 12.2. The molecule has 3 aromatic carbocycles. The molecule has 0 bridgehead atoms. The number of hydrogen-bond donors (Lipinski definition) is 0. The van der Waals surface area contributed by atoms with E-state index in [1.54, 1.807) is 29.3 Å². The highest BCUT2D eigenvalue weighted by molar-refractivity contribution is 9.10. The molecule has 0 spiro atoms. The number of nitrogens with zero attached hydrogens (tertiary/aromatic N) is 3. The van der Waals surface area contributed by atoms with Crippen LogP contribution in [0.4, 0.5) is 11.4 Å². The Bertz CT molecular complexity index is 1230. The molecule has 172 valence electrons. The zero-order chi connectivity index (χ0) is 23.7. The second-order valence-electron chi connectivity index (χ2n) is 8.30. The number of unbranched alkanes of at least 4 members (excludes halogenated alkanes) is 1. The molecule has 0 N–H and O–H groups in total. The number of fused-ring (bicyclic) bond motifs is 1. The summed E-state index contributed by atoms with van der Waals surface area (Å²) in [7, 11) is 0. The second kappa shape index (κ2) is 9.43. The van der Waals surface area contributed by atoms with E-state index in [1.165, 1.54) is 4.90 Å². The number of imide groups is 1. The van der Waals surface area contributed by atoms with Crippen LogP contribution >= 0.6 is 15.9 Å². The van der Waals surface area contributed by atoms with Gasteiger partial charge < -0.3 is 4.74 Å². The molecule has 0 saturated carbocycles. The Labute approximate surface area is 207 Å². The summed E-state index contributed by atoms with van der Waals surface area (Å²) in [5.74, 6) is -0.516. The first-order valence-electron chi connectivity index (χ1n) is 11.4. The molecule has 1 saturated heterocycles. The van der Waals surface area contributed by atoms with Crippen molar-refractivity contribution in [2.75, 3.05) is 16.5 Å². The number of hydrazone groups is 1. The van der Waals surface area contributed by atoms with E-state index in [2.05, 4.69) is 22.9 Å². The molecule has 34 heavy (non-hydrogen) atoms. The first-order chi connectivity index (χ1) is 16.6. The minimum atomic E-state index is -0.728. The number of carbonyl (C=O) groups excluding carboxylic acids is 2. The van der Waals surface area contributed by atoms with Crippen LogP contribution in [0.15, 0.2) is 88.4 Å². The molecule has 6 nitrogen and oxygen atoms in total. The molecule has 0 aliphatic carbocycles. The summed E-state index contributed by atoms with van der Waals surface area (Å²) >= 11 is 3.46. The van der Waals surface area contributed by atoms with Crippen molar-refractivity contribution in [2.24, 2.45) is 11.0 Å². The van der Waals surface area contributed by atoms with Gasteiger partial charge in [0.1, 0.15) is 17.7 Å². The van der Waals surface area contributed by atoms with E-state index in [0.717, 1.165) is 34.3 Å². The van der Waals surface area contributed by atoms with Crippen molar-refractivity contribution in [1.82, 2.24) is 0 Å². The minimum Gasteiger partial charge on any atom is -0.494 e.